The molecule has 2 amide bonds. The van der Waals surface area contributed by atoms with Gasteiger partial charge in [0.15, 0.2) is 0 Å². The van der Waals surface area contributed by atoms with Crippen LogP contribution in [-0.2, 0) is 20.7 Å². The molecule has 43 heavy (non-hydrogen) atoms. The lowest BCUT2D eigenvalue weighted by Crippen LogP contribution is -2.61. The van der Waals surface area contributed by atoms with E-state index in [1.165, 1.54) is 11.3 Å². The standard InChI is InChI=1S/C34H39N3O6/c1-34(17-24-18-35-28-10-6-5-9-27(24)28,36-33(41)43-30-22-12-20-11-21(14-22)15-23(30)13-20)32(40)37-19-26(16-29(37)31(38)39)42-25-7-3-2-4-8-25/h2-10,18,20-23,26,29-30,35H,11-17,19H2,1H3,(H,36,41)(H,38,39)/t20?,21?,22?,23?,26-,29-,30?,34+/m1/s1. The molecule has 3 aromatic rings. The lowest BCUT2D eigenvalue weighted by Gasteiger charge is -2.53. The Kier molecular flexibility index (Phi) is 7.06. The Morgan fingerprint density at radius 1 is 0.953 bits per heavy atom. The molecular formula is C34H39N3O6. The Morgan fingerprint density at radius 3 is 2.33 bits per heavy atom. The van der Waals surface area contributed by atoms with Crippen molar-refractivity contribution in [3.63, 3.8) is 0 Å². The first kappa shape index (κ1) is 27.8. The van der Waals surface area contributed by atoms with E-state index in [1.54, 1.807) is 6.92 Å². The second-order valence-electron chi connectivity index (χ2n) is 13.4. The number of hydrogen-bond acceptors (Lipinski definition) is 5. The fraction of sp³-hybridized carbons (Fsp3) is 0.500. The molecular weight excluding hydrogens is 546 g/mol. The number of aromatic nitrogens is 1. The van der Waals surface area contributed by atoms with Gasteiger partial charge in [-0.1, -0.05) is 36.4 Å². The molecule has 5 fully saturated rings. The fourth-order valence-electron chi connectivity index (χ4n) is 8.63. The van der Waals surface area contributed by atoms with Gasteiger partial charge in [-0.3, -0.25) is 4.79 Å². The number of nitrogens with one attached hydrogen (secondary N) is 2. The number of benzene rings is 2. The molecule has 9 nitrogen and oxygen atoms in total. The number of aliphatic carboxylic acids is 1. The summed E-state index contributed by atoms with van der Waals surface area (Å²) in [7, 11) is 0. The van der Waals surface area contributed by atoms with Crippen LogP contribution in [0, 0.1) is 23.7 Å². The van der Waals surface area contributed by atoms with Gasteiger partial charge in [0.2, 0.25) is 5.91 Å². The number of nitrogens with zero attached hydrogens (tertiary/aromatic N) is 1. The molecule has 9 heteroatoms. The molecule has 1 aliphatic heterocycles. The maximum atomic E-state index is 14.4. The highest BCUT2D eigenvalue weighted by Gasteiger charge is 2.51. The van der Waals surface area contributed by atoms with E-state index in [2.05, 4.69) is 10.3 Å². The molecule has 1 saturated heterocycles. The second-order valence-corrected chi connectivity index (χ2v) is 13.4. The number of likely N-dealkylation sites (tertiary alicyclic amines) is 1. The van der Waals surface area contributed by atoms with Gasteiger partial charge in [-0.15, -0.1) is 0 Å². The van der Waals surface area contributed by atoms with Gasteiger partial charge in [-0.2, -0.15) is 0 Å². The van der Waals surface area contributed by atoms with Crippen molar-refractivity contribution in [2.75, 3.05) is 6.54 Å². The molecule has 4 saturated carbocycles. The number of rotatable bonds is 8. The molecule has 0 unspecified atom stereocenters. The minimum Gasteiger partial charge on any atom is -0.488 e. The van der Waals surface area contributed by atoms with E-state index < -0.39 is 35.7 Å². The summed E-state index contributed by atoms with van der Waals surface area (Å²) in [5, 5.41) is 14.0. The molecule has 0 radical (unpaired) electrons. The van der Waals surface area contributed by atoms with Crippen molar-refractivity contribution in [1.82, 2.24) is 15.2 Å². The van der Waals surface area contributed by atoms with E-state index >= 15 is 0 Å². The summed E-state index contributed by atoms with van der Waals surface area (Å²) in [6, 6.07) is 15.9. The maximum absolute atomic E-state index is 14.4. The average Bonchev–Trinajstić information content (AvgIpc) is 3.59. The Labute approximate surface area is 250 Å². The minimum absolute atomic E-state index is 0.0977. The Balaban J connectivity index is 1.14. The number of alkyl carbamates (subject to hydrolysis) is 1. The molecule has 2 aromatic carbocycles. The summed E-state index contributed by atoms with van der Waals surface area (Å²) in [6.45, 7) is 1.78. The SMILES string of the molecule is C[C@@](Cc1c[nH]c2ccccc12)(NC(=O)OC1C2CC3CC(C2)CC1C3)C(=O)N1C[C@H](Oc2ccccc2)C[C@@H]1C(=O)O. The number of carboxylic acids is 1. The lowest BCUT2D eigenvalue weighted by atomic mass is 9.55. The summed E-state index contributed by atoms with van der Waals surface area (Å²) in [5.41, 5.74) is 0.317. The van der Waals surface area contributed by atoms with Crippen LogP contribution in [-0.4, -0.2) is 63.3 Å². The number of carbonyl (C=O) groups excluding carboxylic acids is 2. The molecule has 8 rings (SSSR count). The summed E-state index contributed by atoms with van der Waals surface area (Å²) in [5.74, 6) is 1.29. The van der Waals surface area contributed by atoms with Crippen molar-refractivity contribution in [3.05, 3.63) is 66.4 Å². The first-order valence-corrected chi connectivity index (χ1v) is 15.5. The van der Waals surface area contributed by atoms with Crippen molar-refractivity contribution in [2.24, 2.45) is 23.7 Å². The quantitative estimate of drug-likeness (QED) is 0.336. The number of carbonyl (C=O) groups is 3. The predicted octanol–water partition coefficient (Wildman–Crippen LogP) is 5.15. The van der Waals surface area contributed by atoms with E-state index in [4.69, 9.17) is 9.47 Å². The van der Waals surface area contributed by atoms with Gasteiger partial charge in [0.25, 0.3) is 0 Å². The summed E-state index contributed by atoms with van der Waals surface area (Å²) < 4.78 is 12.2. The van der Waals surface area contributed by atoms with Crippen LogP contribution in [0.3, 0.4) is 0 Å². The van der Waals surface area contributed by atoms with Gasteiger partial charge in [-0.05, 0) is 86.5 Å². The molecule has 4 bridgehead atoms. The van der Waals surface area contributed by atoms with Crippen LogP contribution >= 0.6 is 0 Å². The van der Waals surface area contributed by atoms with Crippen molar-refractivity contribution in [3.8, 4) is 5.75 Å². The monoisotopic (exact) mass is 585 g/mol. The summed E-state index contributed by atoms with van der Waals surface area (Å²) in [4.78, 5) is 45.1. The Morgan fingerprint density at radius 2 is 1.63 bits per heavy atom. The first-order chi connectivity index (χ1) is 20.8. The Bertz CT molecular complexity index is 1490. The third-order valence-corrected chi connectivity index (χ3v) is 10.3. The van der Waals surface area contributed by atoms with E-state index in [0.29, 0.717) is 17.6 Å². The van der Waals surface area contributed by atoms with Crippen LogP contribution in [0.15, 0.2) is 60.8 Å². The van der Waals surface area contributed by atoms with Crippen molar-refractivity contribution in [1.29, 1.82) is 0 Å². The van der Waals surface area contributed by atoms with Crippen LogP contribution < -0.4 is 10.1 Å². The normalized spacial score (nSPS) is 30.6. The van der Waals surface area contributed by atoms with E-state index in [1.807, 2.05) is 60.8 Å². The maximum Gasteiger partial charge on any atom is 0.408 e. The molecule has 3 N–H and O–H groups in total. The van der Waals surface area contributed by atoms with Gasteiger partial charge >= 0.3 is 12.1 Å². The number of aromatic amines is 1. The van der Waals surface area contributed by atoms with Crippen LogP contribution in [0.5, 0.6) is 5.75 Å². The van der Waals surface area contributed by atoms with Crippen LogP contribution in [0.4, 0.5) is 4.79 Å². The van der Waals surface area contributed by atoms with E-state index in [9.17, 15) is 19.5 Å². The molecule has 4 aliphatic carbocycles. The third kappa shape index (κ3) is 5.34. The highest BCUT2D eigenvalue weighted by molar-refractivity contribution is 5.94. The molecule has 0 spiro atoms. The highest BCUT2D eigenvalue weighted by Crippen LogP contribution is 2.54. The van der Waals surface area contributed by atoms with Gasteiger partial charge in [0, 0.05) is 29.9 Å². The third-order valence-electron chi connectivity index (χ3n) is 10.3. The van der Waals surface area contributed by atoms with Gasteiger partial charge in [0.1, 0.15) is 29.5 Å². The topological polar surface area (TPSA) is 121 Å². The summed E-state index contributed by atoms with van der Waals surface area (Å²) in [6.07, 6.45) is 6.64. The first-order valence-electron chi connectivity index (χ1n) is 15.5. The highest BCUT2D eigenvalue weighted by atomic mass is 16.6. The molecule has 226 valence electrons. The zero-order valence-corrected chi connectivity index (χ0v) is 24.4. The van der Waals surface area contributed by atoms with E-state index in [0.717, 1.165) is 54.0 Å². The zero-order valence-electron chi connectivity index (χ0n) is 24.4. The van der Waals surface area contributed by atoms with Crippen molar-refractivity contribution in [2.45, 2.75) is 75.7 Å². The van der Waals surface area contributed by atoms with Gasteiger partial charge in [-0.25, -0.2) is 9.59 Å². The van der Waals surface area contributed by atoms with Crippen LogP contribution in [0.1, 0.15) is 51.0 Å². The smallest absolute Gasteiger partial charge is 0.408 e. The number of carboxylic acid groups (broad SMARTS) is 1. The molecule has 3 atom stereocenters. The van der Waals surface area contributed by atoms with Gasteiger partial charge in [0.05, 0.1) is 6.54 Å². The van der Waals surface area contributed by atoms with Gasteiger partial charge < -0.3 is 29.8 Å². The zero-order chi connectivity index (χ0) is 29.7. The molecule has 2 heterocycles. The minimum atomic E-state index is -1.46. The summed E-state index contributed by atoms with van der Waals surface area (Å²) >= 11 is 0. The largest absolute Gasteiger partial charge is 0.488 e. The second kappa shape index (κ2) is 10.9. The predicted molar refractivity (Wildman–Crippen MR) is 159 cm³/mol. The number of para-hydroxylation sites is 2. The van der Waals surface area contributed by atoms with E-state index in [-0.39, 0.29) is 25.5 Å². The number of H-pyrrole nitrogens is 1. The van der Waals surface area contributed by atoms with Crippen LogP contribution in [0.2, 0.25) is 0 Å². The number of ether oxygens (including phenoxy) is 2. The van der Waals surface area contributed by atoms with Crippen LogP contribution in [0.25, 0.3) is 10.9 Å². The average molecular weight is 586 g/mol. The number of amides is 2. The van der Waals surface area contributed by atoms with Crippen molar-refractivity contribution < 1.29 is 29.0 Å². The lowest BCUT2D eigenvalue weighted by molar-refractivity contribution is -0.151. The Hall–Kier alpha value is -4.01. The molecule has 5 aliphatic rings. The fourth-order valence-corrected chi connectivity index (χ4v) is 8.63. The molecule has 1 aromatic heterocycles. The van der Waals surface area contributed by atoms with Crippen molar-refractivity contribution >= 4 is 28.9 Å². The number of fused-ring (bicyclic) bond motifs is 1. The number of hydrogen-bond donors (Lipinski definition) is 3.